The van der Waals surface area contributed by atoms with Crippen LogP contribution in [0.3, 0.4) is 0 Å². The summed E-state index contributed by atoms with van der Waals surface area (Å²) in [7, 11) is 0. The third-order valence-electron chi connectivity index (χ3n) is 3.52. The van der Waals surface area contributed by atoms with Crippen molar-refractivity contribution in [2.75, 3.05) is 0 Å². The van der Waals surface area contributed by atoms with Crippen molar-refractivity contribution in [3.8, 4) is 5.69 Å². The van der Waals surface area contributed by atoms with Gasteiger partial charge in [0.2, 0.25) is 0 Å². The molecule has 1 aromatic heterocycles. The van der Waals surface area contributed by atoms with Crippen molar-refractivity contribution < 1.29 is 8.78 Å². The van der Waals surface area contributed by atoms with Crippen molar-refractivity contribution in [3.63, 3.8) is 0 Å². The third-order valence-corrected chi connectivity index (χ3v) is 3.52. The smallest absolute Gasteiger partial charge is 0.150 e. The molecule has 0 aliphatic heterocycles. The molecule has 2 nitrogen and oxygen atoms in total. The largest absolute Gasteiger partial charge is 0.324 e. The van der Waals surface area contributed by atoms with E-state index in [1.807, 2.05) is 12.3 Å². The summed E-state index contributed by atoms with van der Waals surface area (Å²) in [6.07, 6.45) is 4.66. The lowest BCUT2D eigenvalue weighted by atomic mass is 9.93. The van der Waals surface area contributed by atoms with Gasteiger partial charge in [-0.25, -0.2) is 8.78 Å². The maximum absolute atomic E-state index is 13.8. The minimum Gasteiger partial charge on any atom is -0.324 e. The first kappa shape index (κ1) is 11.4. The van der Waals surface area contributed by atoms with E-state index in [9.17, 15) is 8.78 Å². The van der Waals surface area contributed by atoms with E-state index in [-0.39, 0.29) is 6.04 Å². The van der Waals surface area contributed by atoms with Gasteiger partial charge in [0.25, 0.3) is 0 Å². The second-order valence-corrected chi connectivity index (χ2v) is 4.68. The quantitative estimate of drug-likeness (QED) is 0.826. The number of fused-ring (bicyclic) bond motifs is 1. The standard InChI is InChI=1S/C14H14F2N2/c15-9-4-5-14(11(16)8-9)18-7-6-10-12(17)2-1-3-13(10)18/h4-8,12H,1-3,17H2. The number of halogens is 2. The zero-order chi connectivity index (χ0) is 12.7. The number of hydrogen-bond acceptors (Lipinski definition) is 1. The van der Waals surface area contributed by atoms with Crippen LogP contribution in [0.2, 0.25) is 0 Å². The molecule has 0 amide bonds. The van der Waals surface area contributed by atoms with Gasteiger partial charge in [-0.1, -0.05) is 0 Å². The van der Waals surface area contributed by atoms with Crippen LogP contribution in [0.5, 0.6) is 0 Å². The minimum atomic E-state index is -0.561. The Morgan fingerprint density at radius 2 is 2.06 bits per heavy atom. The Bertz CT molecular complexity index is 589. The molecule has 2 N–H and O–H groups in total. The van der Waals surface area contributed by atoms with Crippen molar-refractivity contribution in [3.05, 3.63) is 53.4 Å². The maximum Gasteiger partial charge on any atom is 0.150 e. The maximum atomic E-state index is 13.8. The van der Waals surface area contributed by atoms with Crippen LogP contribution >= 0.6 is 0 Å². The molecule has 1 aliphatic rings. The lowest BCUT2D eigenvalue weighted by Crippen LogP contribution is -2.18. The van der Waals surface area contributed by atoms with Gasteiger partial charge >= 0.3 is 0 Å². The van der Waals surface area contributed by atoms with E-state index >= 15 is 0 Å². The molecule has 0 fully saturated rings. The molecule has 18 heavy (non-hydrogen) atoms. The highest BCUT2D eigenvalue weighted by molar-refractivity contribution is 5.41. The third kappa shape index (κ3) is 1.73. The van der Waals surface area contributed by atoms with Gasteiger partial charge in [0.1, 0.15) is 11.6 Å². The molecule has 0 saturated carbocycles. The van der Waals surface area contributed by atoms with Gasteiger partial charge < -0.3 is 10.3 Å². The zero-order valence-corrected chi connectivity index (χ0v) is 9.87. The molecule has 0 bridgehead atoms. The van der Waals surface area contributed by atoms with Gasteiger partial charge in [-0.05, 0) is 43.0 Å². The van der Waals surface area contributed by atoms with Gasteiger partial charge in [0, 0.05) is 24.0 Å². The number of aromatic nitrogens is 1. The van der Waals surface area contributed by atoms with E-state index in [1.54, 1.807) is 4.57 Å². The molecule has 0 saturated heterocycles. The predicted molar refractivity (Wildman–Crippen MR) is 65.6 cm³/mol. The van der Waals surface area contributed by atoms with Crippen molar-refractivity contribution in [1.29, 1.82) is 0 Å². The number of nitrogens with two attached hydrogens (primary N) is 1. The molecule has 1 atom stereocenters. The average Bonchev–Trinajstić information content (AvgIpc) is 2.74. The van der Waals surface area contributed by atoms with Crippen LogP contribution in [0.25, 0.3) is 5.69 Å². The van der Waals surface area contributed by atoms with Crippen LogP contribution in [0, 0.1) is 11.6 Å². The van der Waals surface area contributed by atoms with Gasteiger partial charge in [-0.2, -0.15) is 0 Å². The van der Waals surface area contributed by atoms with Crippen molar-refractivity contribution in [2.45, 2.75) is 25.3 Å². The Balaban J connectivity index is 2.12. The summed E-state index contributed by atoms with van der Waals surface area (Å²) >= 11 is 0. The van der Waals surface area contributed by atoms with E-state index < -0.39 is 11.6 Å². The van der Waals surface area contributed by atoms with Crippen molar-refractivity contribution in [1.82, 2.24) is 4.57 Å². The van der Waals surface area contributed by atoms with Crippen LogP contribution in [0.15, 0.2) is 30.5 Å². The summed E-state index contributed by atoms with van der Waals surface area (Å²) in [5, 5.41) is 0. The molecule has 3 rings (SSSR count). The van der Waals surface area contributed by atoms with Crippen molar-refractivity contribution in [2.24, 2.45) is 5.73 Å². The molecule has 1 unspecified atom stereocenters. The molecular formula is C14H14F2N2. The highest BCUT2D eigenvalue weighted by atomic mass is 19.1. The number of benzene rings is 1. The number of hydrogen-bond donors (Lipinski definition) is 1. The molecule has 1 heterocycles. The summed E-state index contributed by atoms with van der Waals surface area (Å²) in [5.74, 6) is -1.11. The van der Waals surface area contributed by atoms with E-state index in [2.05, 4.69) is 0 Å². The Labute approximate surface area is 104 Å². The second-order valence-electron chi connectivity index (χ2n) is 4.68. The summed E-state index contributed by atoms with van der Waals surface area (Å²) in [5.41, 5.74) is 8.53. The Hall–Kier alpha value is -1.68. The molecule has 2 aromatic rings. The SMILES string of the molecule is NC1CCCc2c1ccn2-c1ccc(F)cc1F. The molecule has 94 valence electrons. The number of nitrogens with zero attached hydrogens (tertiary/aromatic N) is 1. The molecule has 1 aliphatic carbocycles. The lowest BCUT2D eigenvalue weighted by Gasteiger charge is -2.21. The molecule has 4 heteroatoms. The molecule has 1 aromatic carbocycles. The normalized spacial score (nSPS) is 18.7. The Morgan fingerprint density at radius 1 is 1.22 bits per heavy atom. The first-order valence-corrected chi connectivity index (χ1v) is 6.08. The first-order chi connectivity index (χ1) is 8.66. The van der Waals surface area contributed by atoms with Crippen molar-refractivity contribution >= 4 is 0 Å². The van der Waals surface area contributed by atoms with E-state index in [0.29, 0.717) is 5.69 Å². The molecule has 0 spiro atoms. The first-order valence-electron chi connectivity index (χ1n) is 6.08. The number of rotatable bonds is 1. The monoisotopic (exact) mass is 248 g/mol. The average molecular weight is 248 g/mol. The van der Waals surface area contributed by atoms with Gasteiger partial charge in [0.05, 0.1) is 5.69 Å². The minimum absolute atomic E-state index is 0.0264. The van der Waals surface area contributed by atoms with Gasteiger partial charge in [0.15, 0.2) is 0 Å². The van der Waals surface area contributed by atoms with Gasteiger partial charge in [-0.3, -0.25) is 0 Å². The fourth-order valence-corrected chi connectivity index (χ4v) is 2.63. The van der Waals surface area contributed by atoms with E-state index in [1.165, 1.54) is 12.1 Å². The van der Waals surface area contributed by atoms with Crippen LogP contribution in [-0.2, 0) is 6.42 Å². The summed E-state index contributed by atoms with van der Waals surface area (Å²) in [4.78, 5) is 0. The Morgan fingerprint density at radius 3 is 2.83 bits per heavy atom. The highest BCUT2D eigenvalue weighted by Gasteiger charge is 2.21. The van der Waals surface area contributed by atoms with Crippen LogP contribution in [-0.4, -0.2) is 4.57 Å². The van der Waals surface area contributed by atoms with Crippen LogP contribution in [0.4, 0.5) is 8.78 Å². The zero-order valence-electron chi connectivity index (χ0n) is 9.87. The topological polar surface area (TPSA) is 30.9 Å². The fourth-order valence-electron chi connectivity index (χ4n) is 2.63. The van der Waals surface area contributed by atoms with Crippen LogP contribution in [0.1, 0.15) is 30.1 Å². The lowest BCUT2D eigenvalue weighted by molar-refractivity contribution is 0.551. The Kier molecular flexibility index (Phi) is 2.67. The molecule has 0 radical (unpaired) electrons. The second kappa shape index (κ2) is 4.21. The van der Waals surface area contributed by atoms with Crippen LogP contribution < -0.4 is 5.73 Å². The van der Waals surface area contributed by atoms with Gasteiger partial charge in [-0.15, -0.1) is 0 Å². The summed E-state index contributed by atoms with van der Waals surface area (Å²) in [6, 6.07) is 5.60. The molecular weight excluding hydrogens is 234 g/mol. The summed E-state index contributed by atoms with van der Waals surface area (Å²) in [6.45, 7) is 0. The van der Waals surface area contributed by atoms with E-state index in [0.717, 1.165) is 36.6 Å². The van der Waals surface area contributed by atoms with E-state index in [4.69, 9.17) is 5.73 Å². The summed E-state index contributed by atoms with van der Waals surface area (Å²) < 4.78 is 28.5. The fraction of sp³-hybridized carbons (Fsp3) is 0.286. The highest BCUT2D eigenvalue weighted by Crippen LogP contribution is 2.31. The predicted octanol–water partition coefficient (Wildman–Crippen LogP) is 3.09.